The number of allylic oxidation sites excluding steroid dienone is 3. The molecular weight excluding hydrogens is 300 g/mol. The Morgan fingerprint density at radius 3 is 1.96 bits per heavy atom. The molecule has 2 fully saturated rings. The van der Waals surface area contributed by atoms with Crippen molar-refractivity contribution in [2.45, 2.75) is 77.0 Å². The summed E-state index contributed by atoms with van der Waals surface area (Å²) in [4.78, 5) is 0. The molecule has 2 saturated carbocycles. The lowest BCUT2D eigenvalue weighted by atomic mass is 9.77. The Balaban J connectivity index is 1.39. The Kier molecular flexibility index (Phi) is 6.96. The lowest BCUT2D eigenvalue weighted by Crippen LogP contribution is -2.14. The largest absolute Gasteiger partial charge is 0.103 e. The van der Waals surface area contributed by atoms with Gasteiger partial charge in [-0.1, -0.05) is 48.1 Å². The van der Waals surface area contributed by atoms with Gasteiger partial charge in [0.1, 0.15) is 0 Å². The van der Waals surface area contributed by atoms with E-state index in [2.05, 4.69) is 56.0 Å². The van der Waals surface area contributed by atoms with Crippen LogP contribution in [0.4, 0.5) is 0 Å². The van der Waals surface area contributed by atoms with Gasteiger partial charge in [-0.25, -0.2) is 0 Å². The summed E-state index contributed by atoms with van der Waals surface area (Å²) in [7, 11) is 0. The monoisotopic (exact) mass is 336 g/mol. The minimum absolute atomic E-state index is 0.797. The molecular formula is C25H36. The van der Waals surface area contributed by atoms with E-state index >= 15 is 0 Å². The van der Waals surface area contributed by atoms with Crippen LogP contribution in [-0.4, -0.2) is 0 Å². The van der Waals surface area contributed by atoms with Crippen molar-refractivity contribution in [3.63, 3.8) is 0 Å². The highest BCUT2D eigenvalue weighted by molar-refractivity contribution is 5.25. The molecule has 0 unspecified atom stereocenters. The standard InChI is InChI=1S/C25H36/c1-3-4-5-21-8-10-22(11-9-21)12-13-23-14-18-25(19-15-23)24-16-6-20(2)7-17-24/h3,6-7,12-13,16-17,21-23,25H,1,4-5,8-11,14-15,18-19H2,2H3. The number of hydrogen-bond acceptors (Lipinski definition) is 0. The summed E-state index contributed by atoms with van der Waals surface area (Å²) in [6.07, 6.45) is 21.0. The van der Waals surface area contributed by atoms with Gasteiger partial charge in [-0.15, -0.1) is 6.58 Å². The summed E-state index contributed by atoms with van der Waals surface area (Å²) in [5.74, 6) is 3.45. The van der Waals surface area contributed by atoms with Gasteiger partial charge in [0, 0.05) is 0 Å². The molecule has 0 radical (unpaired) electrons. The molecule has 2 aliphatic rings. The average Bonchev–Trinajstić information content (AvgIpc) is 2.67. The molecule has 0 heteroatoms. The third-order valence-corrected chi connectivity index (χ3v) is 6.65. The van der Waals surface area contributed by atoms with Gasteiger partial charge in [-0.2, -0.15) is 0 Å². The van der Waals surface area contributed by atoms with E-state index < -0.39 is 0 Å². The Labute approximate surface area is 155 Å². The van der Waals surface area contributed by atoms with Crippen LogP contribution in [0.5, 0.6) is 0 Å². The molecule has 0 atom stereocenters. The van der Waals surface area contributed by atoms with E-state index in [0.29, 0.717) is 0 Å². The molecule has 0 heterocycles. The Morgan fingerprint density at radius 1 is 0.840 bits per heavy atom. The molecule has 1 aromatic rings. The fraction of sp³-hybridized carbons (Fsp3) is 0.600. The van der Waals surface area contributed by atoms with E-state index in [4.69, 9.17) is 0 Å². The van der Waals surface area contributed by atoms with Gasteiger partial charge >= 0.3 is 0 Å². The third kappa shape index (κ3) is 5.59. The van der Waals surface area contributed by atoms with E-state index in [0.717, 1.165) is 23.7 Å². The normalized spacial score (nSPS) is 30.4. The molecule has 0 nitrogen and oxygen atoms in total. The summed E-state index contributed by atoms with van der Waals surface area (Å²) in [5, 5.41) is 0. The van der Waals surface area contributed by atoms with Crippen LogP contribution in [-0.2, 0) is 0 Å². The smallest absolute Gasteiger partial charge is 0.0162 e. The van der Waals surface area contributed by atoms with Crippen molar-refractivity contribution in [2.24, 2.45) is 17.8 Å². The molecule has 0 saturated heterocycles. The van der Waals surface area contributed by atoms with Crippen molar-refractivity contribution < 1.29 is 0 Å². The van der Waals surface area contributed by atoms with Crippen LogP contribution >= 0.6 is 0 Å². The Hall–Kier alpha value is -1.30. The van der Waals surface area contributed by atoms with Gasteiger partial charge in [0.05, 0.1) is 0 Å². The molecule has 1 aromatic carbocycles. The number of rotatable bonds is 6. The van der Waals surface area contributed by atoms with Crippen LogP contribution in [0.3, 0.4) is 0 Å². The number of benzene rings is 1. The van der Waals surface area contributed by atoms with Crippen LogP contribution in [0.15, 0.2) is 49.1 Å². The second-order valence-electron chi connectivity index (χ2n) is 8.55. The average molecular weight is 337 g/mol. The zero-order valence-corrected chi connectivity index (χ0v) is 16.1. The summed E-state index contributed by atoms with van der Waals surface area (Å²) >= 11 is 0. The topological polar surface area (TPSA) is 0 Å². The first-order valence-corrected chi connectivity index (χ1v) is 10.6. The van der Waals surface area contributed by atoms with E-state index in [1.54, 1.807) is 5.56 Å². The Morgan fingerprint density at radius 2 is 1.40 bits per heavy atom. The minimum Gasteiger partial charge on any atom is -0.103 e. The van der Waals surface area contributed by atoms with Crippen molar-refractivity contribution in [1.82, 2.24) is 0 Å². The SMILES string of the molecule is C=CCCC1CCC(C=CC2CCC(c3ccc(C)cc3)CC2)CC1. The minimum atomic E-state index is 0.797. The van der Waals surface area contributed by atoms with Gasteiger partial charge in [0.15, 0.2) is 0 Å². The highest BCUT2D eigenvalue weighted by Gasteiger charge is 2.22. The predicted octanol–water partition coefficient (Wildman–Crippen LogP) is 7.60. The molecule has 136 valence electrons. The highest BCUT2D eigenvalue weighted by Crippen LogP contribution is 2.37. The first kappa shape index (κ1) is 18.5. The van der Waals surface area contributed by atoms with Crippen LogP contribution in [0.2, 0.25) is 0 Å². The van der Waals surface area contributed by atoms with Crippen LogP contribution in [0.25, 0.3) is 0 Å². The molecule has 25 heavy (non-hydrogen) atoms. The van der Waals surface area contributed by atoms with Crippen molar-refractivity contribution >= 4 is 0 Å². The molecule has 0 spiro atoms. The third-order valence-electron chi connectivity index (χ3n) is 6.65. The maximum absolute atomic E-state index is 3.86. The molecule has 0 amide bonds. The summed E-state index contributed by atoms with van der Waals surface area (Å²) < 4.78 is 0. The molecule has 3 rings (SSSR count). The molecule has 0 aromatic heterocycles. The zero-order chi connectivity index (χ0) is 17.5. The fourth-order valence-electron chi connectivity index (χ4n) is 4.82. The fourth-order valence-corrected chi connectivity index (χ4v) is 4.82. The van der Waals surface area contributed by atoms with Gasteiger partial charge in [-0.05, 0) is 100 Å². The molecule has 0 bridgehead atoms. The second-order valence-corrected chi connectivity index (χ2v) is 8.55. The molecule has 2 aliphatic carbocycles. The van der Waals surface area contributed by atoms with Gasteiger partial charge in [-0.3, -0.25) is 0 Å². The maximum atomic E-state index is 3.86. The van der Waals surface area contributed by atoms with Crippen molar-refractivity contribution in [3.05, 3.63) is 60.2 Å². The Bertz CT molecular complexity index is 534. The van der Waals surface area contributed by atoms with Gasteiger partial charge < -0.3 is 0 Å². The first-order chi connectivity index (χ1) is 12.2. The zero-order valence-electron chi connectivity index (χ0n) is 16.1. The van der Waals surface area contributed by atoms with Crippen molar-refractivity contribution in [3.8, 4) is 0 Å². The second kappa shape index (κ2) is 9.41. The maximum Gasteiger partial charge on any atom is -0.0162 e. The quantitative estimate of drug-likeness (QED) is 0.469. The lowest BCUT2D eigenvalue weighted by molar-refractivity contribution is 0.295. The summed E-state index contributed by atoms with van der Waals surface area (Å²) in [6.45, 7) is 6.04. The van der Waals surface area contributed by atoms with Crippen LogP contribution in [0.1, 0.15) is 81.3 Å². The summed E-state index contributed by atoms with van der Waals surface area (Å²) in [6, 6.07) is 9.24. The first-order valence-electron chi connectivity index (χ1n) is 10.6. The van der Waals surface area contributed by atoms with Crippen LogP contribution < -0.4 is 0 Å². The van der Waals surface area contributed by atoms with E-state index in [-0.39, 0.29) is 0 Å². The highest BCUT2D eigenvalue weighted by atomic mass is 14.3. The van der Waals surface area contributed by atoms with Gasteiger partial charge in [0.2, 0.25) is 0 Å². The van der Waals surface area contributed by atoms with E-state index in [1.807, 2.05) is 0 Å². The summed E-state index contributed by atoms with van der Waals surface area (Å²) in [5.41, 5.74) is 2.94. The van der Waals surface area contributed by atoms with Crippen molar-refractivity contribution in [1.29, 1.82) is 0 Å². The van der Waals surface area contributed by atoms with Crippen molar-refractivity contribution in [2.75, 3.05) is 0 Å². The van der Waals surface area contributed by atoms with E-state index in [1.165, 1.54) is 69.8 Å². The number of hydrogen-bond donors (Lipinski definition) is 0. The molecule has 0 aliphatic heterocycles. The molecule has 0 N–H and O–H groups in total. The van der Waals surface area contributed by atoms with E-state index in [9.17, 15) is 0 Å². The predicted molar refractivity (Wildman–Crippen MR) is 110 cm³/mol. The lowest BCUT2D eigenvalue weighted by Gasteiger charge is -2.29. The number of aryl methyl sites for hydroxylation is 1. The van der Waals surface area contributed by atoms with Crippen LogP contribution in [0, 0.1) is 24.7 Å². The van der Waals surface area contributed by atoms with Gasteiger partial charge in [0.25, 0.3) is 0 Å².